The number of halogens is 1. The largest absolute Gasteiger partial charge is 0.384 e. The number of carbonyl (C=O) groups excluding carboxylic acids is 1. The van der Waals surface area contributed by atoms with E-state index in [1.165, 1.54) is 29.2 Å². The van der Waals surface area contributed by atoms with E-state index in [9.17, 15) is 18.0 Å². The summed E-state index contributed by atoms with van der Waals surface area (Å²) in [6.45, 7) is 0.823. The van der Waals surface area contributed by atoms with Crippen LogP contribution in [0.1, 0.15) is 11.1 Å². The third-order valence-corrected chi connectivity index (χ3v) is 8.88. The van der Waals surface area contributed by atoms with Gasteiger partial charge in [-0.2, -0.15) is 0 Å². The summed E-state index contributed by atoms with van der Waals surface area (Å²) < 4.78 is 26.5. The first-order valence-electron chi connectivity index (χ1n) is 10.0. The van der Waals surface area contributed by atoms with Crippen LogP contribution in [0, 0.1) is 0 Å². The van der Waals surface area contributed by atoms with E-state index in [4.69, 9.17) is 11.6 Å². The van der Waals surface area contributed by atoms with E-state index >= 15 is 0 Å². The van der Waals surface area contributed by atoms with Crippen molar-refractivity contribution in [2.24, 2.45) is 0 Å². The number of Topliss-reactive ketones (excluding diaryl/α,β-unsaturated/α-hetero) is 1. The first-order chi connectivity index (χ1) is 15.8. The molecule has 0 atom stereocenters. The molecule has 5 rings (SSSR count). The standard InChI is InChI=1S/C22H17ClN4O4S2/c23-18-4-6-20(32-18)33(30,31)11-14(28)9-13-1-5-19(25-10-13)27-12-26-21-15-7-8-24-17(15)3-2-16(21)22(27)29/h1-6,10,12,24H,7-9,11H2. The smallest absolute Gasteiger partial charge is 0.266 e. The van der Waals surface area contributed by atoms with Crippen LogP contribution in [0.5, 0.6) is 0 Å². The van der Waals surface area contributed by atoms with Gasteiger partial charge < -0.3 is 5.32 Å². The highest BCUT2D eigenvalue weighted by atomic mass is 35.5. The van der Waals surface area contributed by atoms with Gasteiger partial charge in [-0.25, -0.2) is 18.4 Å². The zero-order chi connectivity index (χ0) is 23.2. The average molecular weight is 501 g/mol. The molecule has 0 fully saturated rings. The number of pyridine rings is 1. The summed E-state index contributed by atoms with van der Waals surface area (Å²) in [4.78, 5) is 34.1. The Kier molecular flexibility index (Phi) is 5.51. The van der Waals surface area contributed by atoms with Crippen LogP contribution in [0.2, 0.25) is 4.34 Å². The number of benzene rings is 1. The van der Waals surface area contributed by atoms with Gasteiger partial charge in [0.1, 0.15) is 22.1 Å². The molecule has 0 bridgehead atoms. The second kappa shape index (κ2) is 8.36. The van der Waals surface area contributed by atoms with Crippen LogP contribution in [0.3, 0.4) is 0 Å². The van der Waals surface area contributed by atoms with E-state index in [0.29, 0.717) is 26.6 Å². The summed E-state index contributed by atoms with van der Waals surface area (Å²) in [6, 6.07) is 9.79. The number of rotatable bonds is 6. The van der Waals surface area contributed by atoms with E-state index in [2.05, 4.69) is 15.3 Å². The summed E-state index contributed by atoms with van der Waals surface area (Å²) in [5.74, 6) is -0.704. The number of fused-ring (bicyclic) bond motifs is 3. The molecular weight excluding hydrogens is 484 g/mol. The number of sulfone groups is 1. The number of hydrogen-bond donors (Lipinski definition) is 1. The highest BCUT2D eigenvalue weighted by Gasteiger charge is 2.22. The molecule has 168 valence electrons. The number of aromatic nitrogens is 3. The Balaban J connectivity index is 1.35. The lowest BCUT2D eigenvalue weighted by Crippen LogP contribution is -2.20. The fourth-order valence-corrected chi connectivity index (χ4v) is 6.66. The SMILES string of the molecule is O=C(Cc1ccc(-n2cnc3c4c(ccc3c2=O)NCC4)nc1)CS(=O)(=O)c1ccc(Cl)s1. The first-order valence-corrected chi connectivity index (χ1v) is 12.9. The van der Waals surface area contributed by atoms with Crippen molar-refractivity contribution >= 4 is 55.1 Å². The number of nitrogens with zero attached hydrogens (tertiary/aromatic N) is 3. The van der Waals surface area contributed by atoms with Crippen LogP contribution in [-0.2, 0) is 27.5 Å². The summed E-state index contributed by atoms with van der Waals surface area (Å²) in [5.41, 5.74) is 3.05. The molecule has 0 spiro atoms. The van der Waals surface area contributed by atoms with Gasteiger partial charge in [0.2, 0.25) is 0 Å². The molecule has 0 saturated heterocycles. The lowest BCUT2D eigenvalue weighted by atomic mass is 10.1. The van der Waals surface area contributed by atoms with Gasteiger partial charge in [-0.3, -0.25) is 14.2 Å². The molecule has 1 N–H and O–H groups in total. The van der Waals surface area contributed by atoms with E-state index in [1.807, 2.05) is 6.07 Å². The number of hydrogen-bond acceptors (Lipinski definition) is 8. The number of anilines is 1. The maximum absolute atomic E-state index is 13.0. The van der Waals surface area contributed by atoms with E-state index < -0.39 is 21.4 Å². The molecule has 8 nitrogen and oxygen atoms in total. The van der Waals surface area contributed by atoms with Crippen LogP contribution in [0.4, 0.5) is 5.69 Å². The number of carbonyl (C=O) groups is 1. The molecule has 0 unspecified atom stereocenters. The van der Waals surface area contributed by atoms with Gasteiger partial charge in [-0.1, -0.05) is 17.7 Å². The van der Waals surface area contributed by atoms with Gasteiger partial charge in [-0.05, 0) is 42.3 Å². The monoisotopic (exact) mass is 500 g/mol. The van der Waals surface area contributed by atoms with Crippen LogP contribution in [0.15, 0.2) is 57.9 Å². The van der Waals surface area contributed by atoms with E-state index in [0.717, 1.165) is 35.6 Å². The summed E-state index contributed by atoms with van der Waals surface area (Å²) >= 11 is 6.72. The predicted octanol–water partition coefficient (Wildman–Crippen LogP) is 3.05. The molecule has 1 aliphatic rings. The van der Waals surface area contributed by atoms with Crippen molar-refractivity contribution in [2.75, 3.05) is 17.6 Å². The lowest BCUT2D eigenvalue weighted by molar-refractivity contribution is -0.116. The van der Waals surface area contributed by atoms with Gasteiger partial charge in [0.15, 0.2) is 15.6 Å². The Morgan fingerprint density at radius 3 is 2.73 bits per heavy atom. The van der Waals surface area contributed by atoms with Crippen LogP contribution in [-0.4, -0.2) is 41.0 Å². The number of thiophene rings is 1. The van der Waals surface area contributed by atoms with Crippen molar-refractivity contribution in [3.63, 3.8) is 0 Å². The van der Waals surface area contributed by atoms with E-state index in [1.54, 1.807) is 18.2 Å². The summed E-state index contributed by atoms with van der Waals surface area (Å²) in [5, 5.41) is 3.79. The average Bonchev–Trinajstić information content (AvgIpc) is 3.44. The third-order valence-electron chi connectivity index (χ3n) is 5.39. The minimum atomic E-state index is -3.73. The minimum absolute atomic E-state index is 0.0685. The van der Waals surface area contributed by atoms with Crippen molar-refractivity contribution in [1.82, 2.24) is 14.5 Å². The zero-order valence-electron chi connectivity index (χ0n) is 17.1. The Hall–Kier alpha value is -3.08. The molecule has 3 aromatic heterocycles. The van der Waals surface area contributed by atoms with Gasteiger partial charge >= 0.3 is 0 Å². The molecule has 4 aromatic rings. The van der Waals surface area contributed by atoms with Crippen LogP contribution in [0.25, 0.3) is 16.7 Å². The summed E-state index contributed by atoms with van der Waals surface area (Å²) in [6.07, 6.45) is 3.65. The third kappa shape index (κ3) is 4.17. The van der Waals surface area contributed by atoms with Crippen molar-refractivity contribution in [3.05, 3.63) is 74.7 Å². The Morgan fingerprint density at radius 1 is 1.15 bits per heavy atom. The molecule has 0 radical (unpaired) electrons. The van der Waals surface area contributed by atoms with Crippen LogP contribution >= 0.6 is 22.9 Å². The van der Waals surface area contributed by atoms with Crippen molar-refractivity contribution in [2.45, 2.75) is 17.1 Å². The Morgan fingerprint density at radius 2 is 2.00 bits per heavy atom. The van der Waals surface area contributed by atoms with Crippen LogP contribution < -0.4 is 10.9 Å². The maximum Gasteiger partial charge on any atom is 0.266 e. The summed E-state index contributed by atoms with van der Waals surface area (Å²) in [7, 11) is -3.73. The molecule has 0 aliphatic carbocycles. The van der Waals surface area contributed by atoms with Gasteiger partial charge in [0, 0.05) is 30.4 Å². The molecule has 1 aromatic carbocycles. The lowest BCUT2D eigenvalue weighted by Gasteiger charge is -2.09. The highest BCUT2D eigenvalue weighted by molar-refractivity contribution is 7.94. The second-order valence-corrected chi connectivity index (χ2v) is 11.6. The fourth-order valence-electron chi connectivity index (χ4n) is 3.85. The molecule has 1 aliphatic heterocycles. The minimum Gasteiger partial charge on any atom is -0.384 e. The van der Waals surface area contributed by atoms with Gasteiger partial charge in [-0.15, -0.1) is 11.3 Å². The number of ketones is 1. The fraction of sp³-hybridized carbons (Fsp3) is 0.182. The highest BCUT2D eigenvalue weighted by Crippen LogP contribution is 2.28. The molecular formula is C22H17ClN4O4S2. The van der Waals surface area contributed by atoms with Crippen molar-refractivity contribution in [3.8, 4) is 5.82 Å². The zero-order valence-corrected chi connectivity index (χ0v) is 19.5. The Labute approximate surface area is 197 Å². The van der Waals surface area contributed by atoms with Crippen molar-refractivity contribution in [1.29, 1.82) is 0 Å². The molecule has 33 heavy (non-hydrogen) atoms. The first kappa shape index (κ1) is 21.7. The number of nitrogens with one attached hydrogen (secondary N) is 1. The van der Waals surface area contributed by atoms with Gasteiger partial charge in [0.05, 0.1) is 15.2 Å². The van der Waals surface area contributed by atoms with E-state index in [-0.39, 0.29) is 16.2 Å². The van der Waals surface area contributed by atoms with Gasteiger partial charge in [0.25, 0.3) is 5.56 Å². The quantitative estimate of drug-likeness (QED) is 0.433. The second-order valence-electron chi connectivity index (χ2n) is 7.64. The van der Waals surface area contributed by atoms with Crippen molar-refractivity contribution < 1.29 is 13.2 Å². The maximum atomic E-state index is 13.0. The molecule has 0 saturated carbocycles. The molecule has 4 heterocycles. The predicted molar refractivity (Wildman–Crippen MR) is 127 cm³/mol. The molecule has 0 amide bonds. The Bertz CT molecular complexity index is 1560. The normalized spacial score (nSPS) is 13.1. The topological polar surface area (TPSA) is 111 Å². The molecule has 11 heteroatoms.